The Labute approximate surface area is 175 Å². The van der Waals surface area contributed by atoms with Gasteiger partial charge in [-0.3, -0.25) is 0 Å². The molecule has 0 amide bonds. The fourth-order valence-electron chi connectivity index (χ4n) is 2.73. The number of rotatable bonds is 8. The minimum absolute atomic E-state index is 0.442. The number of halogens is 3. The molecule has 0 aliphatic carbocycles. The van der Waals surface area contributed by atoms with E-state index in [1.807, 2.05) is 54.6 Å². The highest BCUT2D eigenvalue weighted by Crippen LogP contribution is 2.23. The van der Waals surface area contributed by atoms with Crippen LogP contribution in [0, 0.1) is 0 Å². The van der Waals surface area contributed by atoms with E-state index in [-0.39, 0.29) is 0 Å². The third-order valence-corrected chi connectivity index (χ3v) is 5.17. The average molecular weight is 421 g/mol. The summed E-state index contributed by atoms with van der Waals surface area (Å²) in [7, 11) is 0. The van der Waals surface area contributed by atoms with Crippen molar-refractivity contribution in [2.75, 3.05) is 6.54 Å². The molecule has 0 aliphatic heterocycles. The van der Waals surface area contributed by atoms with Gasteiger partial charge in [-0.05, 0) is 42.8 Å². The zero-order chi connectivity index (χ0) is 19.1. The molecule has 2 nitrogen and oxygen atoms in total. The predicted octanol–water partition coefficient (Wildman–Crippen LogP) is 6.56. The van der Waals surface area contributed by atoms with Crippen LogP contribution in [0.5, 0.6) is 5.75 Å². The number of hydrogen-bond acceptors (Lipinski definition) is 2. The minimum atomic E-state index is 0.442. The molecule has 0 spiro atoms. The molecule has 0 aliphatic rings. The highest BCUT2D eigenvalue weighted by atomic mass is 35.5. The summed E-state index contributed by atoms with van der Waals surface area (Å²) in [4.78, 5) is 0. The smallest absolute Gasteiger partial charge is 0.124 e. The third-order valence-electron chi connectivity index (χ3n) is 4.22. The summed E-state index contributed by atoms with van der Waals surface area (Å²) in [5.74, 6) is 0.856. The highest BCUT2D eigenvalue weighted by Gasteiger charge is 2.06. The molecule has 0 radical (unpaired) electrons. The molecule has 0 aromatic heterocycles. The van der Waals surface area contributed by atoms with Crippen molar-refractivity contribution in [2.45, 2.75) is 19.6 Å². The quantitative estimate of drug-likeness (QED) is 0.417. The number of ether oxygens (including phenoxy) is 1. The van der Waals surface area contributed by atoms with Crippen LogP contribution in [-0.2, 0) is 19.6 Å². The molecule has 0 fully saturated rings. The molecule has 0 saturated heterocycles. The van der Waals surface area contributed by atoms with Crippen molar-refractivity contribution in [1.29, 1.82) is 0 Å². The Morgan fingerprint density at radius 2 is 1.48 bits per heavy atom. The predicted molar refractivity (Wildman–Crippen MR) is 114 cm³/mol. The first-order chi connectivity index (χ1) is 13.1. The van der Waals surface area contributed by atoms with E-state index >= 15 is 0 Å². The molecule has 0 unspecified atom stereocenters. The van der Waals surface area contributed by atoms with Gasteiger partial charge in [-0.15, -0.1) is 0 Å². The second-order valence-electron chi connectivity index (χ2n) is 6.15. The van der Waals surface area contributed by atoms with Gasteiger partial charge in [0, 0.05) is 32.7 Å². The lowest BCUT2D eigenvalue weighted by molar-refractivity contribution is 0.302. The first-order valence-electron chi connectivity index (χ1n) is 8.72. The standard InChI is InChI=1S/C22H20Cl3NO/c23-19-10-9-16(21(25)13-19)11-12-26-14-17-5-2-4-8-22(17)27-15-18-6-1-3-7-20(18)24/h1-10,13,26H,11-12,14-15H2. The molecule has 0 heterocycles. The molecule has 5 heteroatoms. The second kappa shape index (κ2) is 10.0. The van der Waals surface area contributed by atoms with Crippen LogP contribution in [0.2, 0.25) is 15.1 Å². The van der Waals surface area contributed by atoms with Gasteiger partial charge < -0.3 is 10.1 Å². The van der Waals surface area contributed by atoms with Crippen LogP contribution in [-0.4, -0.2) is 6.54 Å². The molecule has 0 atom stereocenters. The van der Waals surface area contributed by atoms with Gasteiger partial charge in [0.25, 0.3) is 0 Å². The van der Waals surface area contributed by atoms with E-state index in [4.69, 9.17) is 39.5 Å². The van der Waals surface area contributed by atoms with Gasteiger partial charge in [0.2, 0.25) is 0 Å². The molecule has 0 bridgehead atoms. The lowest BCUT2D eigenvalue weighted by atomic mass is 10.1. The number of benzene rings is 3. The summed E-state index contributed by atoms with van der Waals surface area (Å²) in [6.45, 7) is 1.96. The van der Waals surface area contributed by atoms with Crippen LogP contribution in [0.3, 0.4) is 0 Å². The van der Waals surface area contributed by atoms with E-state index in [1.165, 1.54) is 0 Å². The van der Waals surface area contributed by atoms with E-state index < -0.39 is 0 Å². The van der Waals surface area contributed by atoms with Gasteiger partial charge in [0.15, 0.2) is 0 Å². The van der Waals surface area contributed by atoms with Crippen LogP contribution < -0.4 is 10.1 Å². The monoisotopic (exact) mass is 419 g/mol. The molecule has 140 valence electrons. The fourth-order valence-corrected chi connectivity index (χ4v) is 3.43. The van der Waals surface area contributed by atoms with E-state index in [2.05, 4.69) is 11.4 Å². The van der Waals surface area contributed by atoms with Gasteiger partial charge in [-0.2, -0.15) is 0 Å². The summed E-state index contributed by atoms with van der Waals surface area (Å²) in [5, 5.41) is 5.52. The van der Waals surface area contributed by atoms with Crippen LogP contribution in [0.4, 0.5) is 0 Å². The summed E-state index contributed by atoms with van der Waals surface area (Å²) in [5.41, 5.74) is 3.16. The van der Waals surface area contributed by atoms with Crippen molar-refractivity contribution in [3.63, 3.8) is 0 Å². The Hall–Kier alpha value is -1.71. The normalized spacial score (nSPS) is 10.8. The second-order valence-corrected chi connectivity index (χ2v) is 7.40. The maximum atomic E-state index is 6.22. The van der Waals surface area contributed by atoms with E-state index in [1.54, 1.807) is 6.07 Å². The summed E-state index contributed by atoms with van der Waals surface area (Å²) in [6, 6.07) is 21.3. The van der Waals surface area contributed by atoms with Crippen molar-refractivity contribution >= 4 is 34.8 Å². The first-order valence-corrected chi connectivity index (χ1v) is 9.85. The van der Waals surface area contributed by atoms with E-state index in [0.29, 0.717) is 28.2 Å². The number of nitrogens with one attached hydrogen (secondary N) is 1. The Bertz CT molecular complexity index is 898. The van der Waals surface area contributed by atoms with Gasteiger partial charge in [0.1, 0.15) is 12.4 Å². The van der Waals surface area contributed by atoms with Crippen molar-refractivity contribution in [1.82, 2.24) is 5.32 Å². The van der Waals surface area contributed by atoms with Crippen LogP contribution in [0.1, 0.15) is 16.7 Å². The lowest BCUT2D eigenvalue weighted by Crippen LogP contribution is -2.17. The molecular formula is C22H20Cl3NO. The first kappa shape index (κ1) is 20.0. The number of hydrogen-bond donors (Lipinski definition) is 1. The van der Waals surface area contributed by atoms with E-state index in [0.717, 1.165) is 35.4 Å². The Balaban J connectivity index is 1.54. The zero-order valence-electron chi connectivity index (χ0n) is 14.7. The van der Waals surface area contributed by atoms with Crippen LogP contribution in [0.25, 0.3) is 0 Å². The van der Waals surface area contributed by atoms with Crippen molar-refractivity contribution in [3.05, 3.63) is 98.5 Å². The minimum Gasteiger partial charge on any atom is -0.489 e. The molecule has 0 saturated carbocycles. The summed E-state index contributed by atoms with van der Waals surface area (Å²) < 4.78 is 5.99. The molecule has 3 aromatic carbocycles. The molecule has 3 aromatic rings. The largest absolute Gasteiger partial charge is 0.489 e. The van der Waals surface area contributed by atoms with Gasteiger partial charge >= 0.3 is 0 Å². The van der Waals surface area contributed by atoms with Gasteiger partial charge in [-0.25, -0.2) is 0 Å². The molecule has 3 rings (SSSR count). The topological polar surface area (TPSA) is 21.3 Å². The highest BCUT2D eigenvalue weighted by molar-refractivity contribution is 6.35. The summed E-state index contributed by atoms with van der Waals surface area (Å²) >= 11 is 18.4. The Morgan fingerprint density at radius 3 is 2.26 bits per heavy atom. The van der Waals surface area contributed by atoms with Crippen LogP contribution in [0.15, 0.2) is 66.7 Å². The Morgan fingerprint density at radius 1 is 0.741 bits per heavy atom. The van der Waals surface area contributed by atoms with Crippen molar-refractivity contribution < 1.29 is 4.74 Å². The maximum Gasteiger partial charge on any atom is 0.124 e. The van der Waals surface area contributed by atoms with Crippen LogP contribution >= 0.6 is 34.8 Å². The van der Waals surface area contributed by atoms with Crippen molar-refractivity contribution in [3.8, 4) is 5.75 Å². The average Bonchev–Trinajstić information content (AvgIpc) is 2.67. The molecule has 1 N–H and O–H groups in total. The molecular weight excluding hydrogens is 401 g/mol. The SMILES string of the molecule is Clc1ccc(CCNCc2ccccc2OCc2ccccc2Cl)c(Cl)c1. The maximum absolute atomic E-state index is 6.22. The van der Waals surface area contributed by atoms with Gasteiger partial charge in [-0.1, -0.05) is 77.3 Å². The lowest BCUT2D eigenvalue weighted by Gasteiger charge is -2.13. The van der Waals surface area contributed by atoms with E-state index in [9.17, 15) is 0 Å². The zero-order valence-corrected chi connectivity index (χ0v) is 17.0. The number of para-hydroxylation sites is 1. The summed E-state index contributed by atoms with van der Waals surface area (Å²) in [6.07, 6.45) is 0.832. The Kier molecular flexibility index (Phi) is 7.42. The third kappa shape index (κ3) is 5.88. The fraction of sp³-hybridized carbons (Fsp3) is 0.182. The molecule has 27 heavy (non-hydrogen) atoms. The van der Waals surface area contributed by atoms with Gasteiger partial charge in [0.05, 0.1) is 0 Å². The van der Waals surface area contributed by atoms with Crippen molar-refractivity contribution in [2.24, 2.45) is 0 Å².